The standard InChI is InChI=1S/C26H36N2.2C16H24O4.Ni/c1-9-12-24(21(8)27-25-19(6)13-10-14-20(25)7)28-26-22(17(2)3)15-11-16-23(26)18(4)5;2*1-8(2)11-7-12(9(3)4)15(20-16(18)19)14(17)13(11)10(5)6;/h10-11,13-18H,9,12H2,1-8H3;2*7-10,17H,1-6H3,(H,18,19);/q;;;+2/p-2. The second-order valence-electron chi connectivity index (χ2n) is 20.3. The molecule has 0 aliphatic carbocycles. The maximum atomic E-state index is 10.8. The summed E-state index contributed by atoms with van der Waals surface area (Å²) in [6, 6.07) is 16.8. The molecule has 0 saturated carbocycles. The van der Waals surface area contributed by atoms with Gasteiger partial charge in [-0.05, 0) is 119 Å². The monoisotopic (exact) mass is 993 g/mol. The van der Waals surface area contributed by atoms with E-state index in [1.165, 1.54) is 22.3 Å². The first-order chi connectivity index (χ1) is 31.6. The van der Waals surface area contributed by atoms with Crippen molar-refractivity contribution in [2.24, 2.45) is 9.98 Å². The molecule has 0 radical (unpaired) electrons. The molecule has 0 bridgehead atoms. The van der Waals surface area contributed by atoms with E-state index in [1.807, 2.05) is 95.2 Å². The largest absolute Gasteiger partial charge is 2.00 e. The third-order valence-corrected chi connectivity index (χ3v) is 11.9. The second kappa shape index (κ2) is 27.9. The Balaban J connectivity index is 0.000000526. The number of aromatic hydroxyl groups is 2. The maximum absolute atomic E-state index is 10.8. The molecule has 2 N–H and O–H groups in total. The number of aryl methyl sites for hydroxylation is 2. The number of nitrogens with zero attached hydrogens (tertiary/aromatic N) is 2. The minimum atomic E-state index is -1.66. The number of para-hydroxylation sites is 2. The molecule has 0 heterocycles. The molecule has 0 saturated heterocycles. The Morgan fingerprint density at radius 2 is 0.855 bits per heavy atom. The van der Waals surface area contributed by atoms with E-state index in [9.17, 15) is 30.0 Å². The van der Waals surface area contributed by atoms with E-state index < -0.39 is 12.3 Å². The zero-order valence-electron chi connectivity index (χ0n) is 45.2. The Hall–Kier alpha value is -5.15. The summed E-state index contributed by atoms with van der Waals surface area (Å²) < 4.78 is 9.44. The fourth-order valence-electron chi connectivity index (χ4n) is 8.37. The third-order valence-electron chi connectivity index (χ3n) is 11.9. The molecule has 0 atom stereocenters. The number of ether oxygens (including phenoxy) is 2. The van der Waals surface area contributed by atoms with Crippen molar-refractivity contribution in [1.82, 2.24) is 0 Å². The number of phenolic OH excluding ortho intramolecular Hbond substituents is 2. The van der Waals surface area contributed by atoms with Crippen LogP contribution in [-0.2, 0) is 16.5 Å². The van der Waals surface area contributed by atoms with Crippen LogP contribution in [0.4, 0.5) is 21.0 Å². The van der Waals surface area contributed by atoms with Gasteiger partial charge in [-0.15, -0.1) is 0 Å². The molecule has 69 heavy (non-hydrogen) atoms. The summed E-state index contributed by atoms with van der Waals surface area (Å²) in [7, 11) is 0. The number of carbonyl (C=O) groups excluding carboxylic acids is 2. The van der Waals surface area contributed by atoms with Gasteiger partial charge in [-0.3, -0.25) is 9.98 Å². The molecule has 382 valence electrons. The number of benzene rings is 4. The number of phenols is 2. The van der Waals surface area contributed by atoms with Gasteiger partial charge >= 0.3 is 16.5 Å². The molecule has 0 aliphatic rings. The molecule has 0 spiro atoms. The topological polar surface area (TPSA) is 164 Å². The van der Waals surface area contributed by atoms with Crippen LogP contribution >= 0.6 is 0 Å². The molecule has 0 fully saturated rings. The van der Waals surface area contributed by atoms with Crippen LogP contribution in [0.25, 0.3) is 0 Å². The van der Waals surface area contributed by atoms with Gasteiger partial charge in [-0.1, -0.05) is 173 Å². The number of rotatable bonds is 15. The van der Waals surface area contributed by atoms with Gasteiger partial charge in [0.05, 0.1) is 34.3 Å². The Morgan fingerprint density at radius 3 is 1.14 bits per heavy atom. The van der Waals surface area contributed by atoms with Crippen LogP contribution in [0.15, 0.2) is 58.5 Å². The average Bonchev–Trinajstić information content (AvgIpc) is 3.22. The van der Waals surface area contributed by atoms with E-state index in [0.717, 1.165) is 57.9 Å². The first-order valence-electron chi connectivity index (χ1n) is 24.5. The van der Waals surface area contributed by atoms with Crippen molar-refractivity contribution in [1.29, 1.82) is 0 Å². The molecule has 4 aromatic carbocycles. The number of aliphatic imine (C=N–C) groups is 2. The van der Waals surface area contributed by atoms with Gasteiger partial charge in [-0.2, -0.15) is 0 Å². The number of hydrogen-bond acceptors (Lipinski definition) is 10. The molecule has 11 heteroatoms. The van der Waals surface area contributed by atoms with Crippen molar-refractivity contribution in [3.63, 3.8) is 0 Å². The fraction of sp³-hybridized carbons (Fsp3) is 0.517. The van der Waals surface area contributed by atoms with Crippen LogP contribution in [-0.4, -0.2) is 33.9 Å². The molecule has 4 aromatic rings. The summed E-state index contributed by atoms with van der Waals surface area (Å²) in [4.78, 5) is 31.7. The van der Waals surface area contributed by atoms with Crippen LogP contribution in [0.2, 0.25) is 0 Å². The first-order valence-corrected chi connectivity index (χ1v) is 24.5. The summed E-state index contributed by atoms with van der Waals surface area (Å²) in [6.45, 7) is 41.3. The van der Waals surface area contributed by atoms with Crippen molar-refractivity contribution >= 4 is 35.1 Å². The van der Waals surface area contributed by atoms with Crippen molar-refractivity contribution in [2.45, 2.75) is 199 Å². The Kier molecular flexibility index (Phi) is 25.0. The summed E-state index contributed by atoms with van der Waals surface area (Å²) >= 11 is 0. The van der Waals surface area contributed by atoms with E-state index in [0.29, 0.717) is 23.0 Å². The van der Waals surface area contributed by atoms with E-state index in [1.54, 1.807) is 0 Å². The number of hydrogen-bond donors (Lipinski definition) is 2. The van der Waals surface area contributed by atoms with Crippen molar-refractivity contribution in [3.8, 4) is 23.0 Å². The quantitative estimate of drug-likeness (QED) is 0.0514. The smallest absolute Gasteiger partial charge is 0.510 e. The van der Waals surface area contributed by atoms with Crippen molar-refractivity contribution in [2.75, 3.05) is 0 Å². The van der Waals surface area contributed by atoms with E-state index >= 15 is 0 Å². The van der Waals surface area contributed by atoms with Crippen LogP contribution in [0, 0.1) is 13.8 Å². The molecule has 0 amide bonds. The number of carbonyl (C=O) groups is 2. The minimum Gasteiger partial charge on any atom is -0.510 e. The fourth-order valence-corrected chi connectivity index (χ4v) is 8.37. The van der Waals surface area contributed by atoms with Gasteiger partial charge in [0, 0.05) is 11.1 Å². The SMILES string of the molecule is CC(C)c1cc(C(C)C)c(C(C)C)c(O)c1OC(=O)[O-].CC(C)c1cc(C(C)C)c(C(C)C)c(O)c1OC(=O)[O-].CCCC(=Nc1c(C(C)C)cccc1C(C)C)C(C)=Nc1c(C)cccc1C.[Ni+2]. The molecular formula is C58H82N2NiO8. The predicted molar refractivity (Wildman–Crippen MR) is 278 cm³/mol. The Bertz CT molecular complexity index is 2270. The average molecular weight is 994 g/mol. The normalized spacial score (nSPS) is 11.9. The first kappa shape index (κ1) is 61.9. The van der Waals surface area contributed by atoms with Crippen LogP contribution < -0.4 is 19.7 Å². The molecular weight excluding hydrogens is 911 g/mol. The second-order valence-corrected chi connectivity index (χ2v) is 20.3. The van der Waals surface area contributed by atoms with Crippen LogP contribution in [0.5, 0.6) is 23.0 Å². The van der Waals surface area contributed by atoms with Crippen LogP contribution in [0.3, 0.4) is 0 Å². The van der Waals surface area contributed by atoms with Crippen molar-refractivity contribution < 1.29 is 56.0 Å². The van der Waals surface area contributed by atoms with E-state index in [4.69, 9.17) is 19.5 Å². The Labute approximate surface area is 425 Å². The van der Waals surface area contributed by atoms with E-state index in [-0.39, 0.29) is 75.0 Å². The van der Waals surface area contributed by atoms with Crippen molar-refractivity contribution in [3.05, 3.63) is 104 Å². The summed E-state index contributed by atoms with van der Waals surface area (Å²) in [5.41, 5.74) is 14.3. The van der Waals surface area contributed by atoms with Gasteiger partial charge in [0.2, 0.25) is 0 Å². The van der Waals surface area contributed by atoms with Gasteiger partial charge in [0.15, 0.2) is 0 Å². The summed E-state index contributed by atoms with van der Waals surface area (Å²) in [5.74, 6) is 1.39. The summed E-state index contributed by atoms with van der Waals surface area (Å²) in [6.07, 6.45) is -1.33. The van der Waals surface area contributed by atoms with Gasteiger partial charge in [0.25, 0.3) is 12.3 Å². The summed E-state index contributed by atoms with van der Waals surface area (Å²) in [5, 5.41) is 42.4. The minimum absolute atomic E-state index is 0. The van der Waals surface area contributed by atoms with Crippen LogP contribution in [0.1, 0.15) is 240 Å². The third kappa shape index (κ3) is 16.8. The molecule has 0 aliphatic heterocycles. The molecule has 10 nitrogen and oxygen atoms in total. The van der Waals surface area contributed by atoms with Gasteiger partial charge in [-0.25, -0.2) is 0 Å². The van der Waals surface area contributed by atoms with E-state index in [2.05, 4.69) is 91.8 Å². The maximum Gasteiger partial charge on any atom is 2.00 e. The Morgan fingerprint density at radius 1 is 0.522 bits per heavy atom. The molecule has 4 rings (SSSR count). The molecule has 0 aromatic heterocycles. The van der Waals surface area contributed by atoms with Gasteiger partial charge < -0.3 is 39.5 Å². The zero-order chi connectivity index (χ0) is 52.1. The number of carboxylic acid groups (broad SMARTS) is 2. The molecule has 0 unspecified atom stereocenters. The zero-order valence-corrected chi connectivity index (χ0v) is 46.2. The van der Waals surface area contributed by atoms with Gasteiger partial charge in [0.1, 0.15) is 11.5 Å². The predicted octanol–water partition coefficient (Wildman–Crippen LogP) is 15.2.